The second-order valence-corrected chi connectivity index (χ2v) is 4.14. The molecule has 0 aliphatic rings. The van der Waals surface area contributed by atoms with Crippen LogP contribution >= 0.6 is 0 Å². The third-order valence-corrected chi connectivity index (χ3v) is 2.92. The Kier molecular flexibility index (Phi) is 2.92. The molecular formula is C14H14N4. The van der Waals surface area contributed by atoms with E-state index >= 15 is 0 Å². The second kappa shape index (κ2) is 4.87. The monoisotopic (exact) mass is 238 g/mol. The highest BCUT2D eigenvalue weighted by Gasteiger charge is 2.13. The van der Waals surface area contributed by atoms with Crippen LogP contribution in [0.1, 0.15) is 11.7 Å². The van der Waals surface area contributed by atoms with Gasteiger partial charge in [-0.05, 0) is 17.7 Å². The largest absolute Gasteiger partial charge is 0.248 e. The standard InChI is InChI=1S/C14H14N4/c1-2-6-13(7-3-1)12-14(17-10-4-8-15-17)18-11-5-9-16-18/h1-11,14H,12H2. The number of rotatable bonds is 4. The Balaban J connectivity index is 1.92. The topological polar surface area (TPSA) is 35.6 Å². The van der Waals surface area contributed by atoms with E-state index < -0.39 is 0 Å². The van der Waals surface area contributed by atoms with Crippen molar-refractivity contribution in [2.45, 2.75) is 12.6 Å². The van der Waals surface area contributed by atoms with Gasteiger partial charge in [-0.2, -0.15) is 10.2 Å². The fourth-order valence-electron chi connectivity index (χ4n) is 2.05. The molecular weight excluding hydrogens is 224 g/mol. The summed E-state index contributed by atoms with van der Waals surface area (Å²) in [5.74, 6) is 0. The zero-order valence-corrected chi connectivity index (χ0v) is 9.92. The SMILES string of the molecule is c1ccc(CC(n2cccn2)n2cccn2)cc1. The molecule has 0 bridgehead atoms. The first-order chi connectivity index (χ1) is 8.93. The maximum atomic E-state index is 4.32. The van der Waals surface area contributed by atoms with Crippen LogP contribution in [0.3, 0.4) is 0 Å². The van der Waals surface area contributed by atoms with Crippen molar-refractivity contribution in [1.29, 1.82) is 0 Å². The van der Waals surface area contributed by atoms with E-state index in [-0.39, 0.29) is 6.17 Å². The lowest BCUT2D eigenvalue weighted by atomic mass is 10.1. The Bertz CT molecular complexity index is 535. The van der Waals surface area contributed by atoms with Gasteiger partial charge in [0.15, 0.2) is 0 Å². The molecule has 3 aromatic rings. The summed E-state index contributed by atoms with van der Waals surface area (Å²) in [4.78, 5) is 0. The lowest BCUT2D eigenvalue weighted by Crippen LogP contribution is -2.21. The Hall–Kier alpha value is -2.36. The fraction of sp³-hybridized carbons (Fsp3) is 0.143. The van der Waals surface area contributed by atoms with Crippen LogP contribution in [-0.2, 0) is 6.42 Å². The Labute approximate surface area is 105 Å². The van der Waals surface area contributed by atoms with Crippen molar-refractivity contribution in [2.24, 2.45) is 0 Å². The first kappa shape index (κ1) is 10.8. The summed E-state index contributed by atoms with van der Waals surface area (Å²) in [6.45, 7) is 0. The molecule has 0 N–H and O–H groups in total. The summed E-state index contributed by atoms with van der Waals surface area (Å²) in [5, 5.41) is 8.65. The van der Waals surface area contributed by atoms with Crippen LogP contribution in [0, 0.1) is 0 Å². The molecule has 0 amide bonds. The van der Waals surface area contributed by atoms with Crippen LogP contribution in [0.15, 0.2) is 67.3 Å². The van der Waals surface area contributed by atoms with E-state index in [1.54, 1.807) is 12.4 Å². The van der Waals surface area contributed by atoms with Gasteiger partial charge in [-0.3, -0.25) is 0 Å². The van der Waals surface area contributed by atoms with E-state index in [1.165, 1.54) is 5.56 Å². The van der Waals surface area contributed by atoms with Gasteiger partial charge >= 0.3 is 0 Å². The number of nitrogens with zero attached hydrogens (tertiary/aromatic N) is 4. The van der Waals surface area contributed by atoms with Gasteiger partial charge in [-0.1, -0.05) is 30.3 Å². The van der Waals surface area contributed by atoms with E-state index in [2.05, 4.69) is 34.5 Å². The number of hydrogen-bond donors (Lipinski definition) is 0. The molecule has 0 aliphatic heterocycles. The highest BCUT2D eigenvalue weighted by atomic mass is 15.4. The van der Waals surface area contributed by atoms with Gasteiger partial charge in [-0.25, -0.2) is 9.36 Å². The molecule has 0 radical (unpaired) electrons. The molecule has 0 atom stereocenters. The van der Waals surface area contributed by atoms with E-state index in [4.69, 9.17) is 0 Å². The van der Waals surface area contributed by atoms with E-state index in [0.29, 0.717) is 0 Å². The van der Waals surface area contributed by atoms with Crippen LogP contribution in [0.25, 0.3) is 0 Å². The number of aromatic nitrogens is 4. The van der Waals surface area contributed by atoms with Gasteiger partial charge in [0, 0.05) is 31.2 Å². The van der Waals surface area contributed by atoms with Gasteiger partial charge in [0.2, 0.25) is 0 Å². The lowest BCUT2D eigenvalue weighted by molar-refractivity contribution is 0.357. The lowest BCUT2D eigenvalue weighted by Gasteiger charge is -2.18. The summed E-state index contributed by atoms with van der Waals surface area (Å²) < 4.78 is 3.86. The Morgan fingerprint density at radius 2 is 1.44 bits per heavy atom. The van der Waals surface area contributed by atoms with Crippen molar-refractivity contribution in [2.75, 3.05) is 0 Å². The molecule has 18 heavy (non-hydrogen) atoms. The normalized spacial score (nSPS) is 10.9. The van der Waals surface area contributed by atoms with Crippen molar-refractivity contribution in [1.82, 2.24) is 19.6 Å². The molecule has 0 spiro atoms. The van der Waals surface area contributed by atoms with Crippen LogP contribution in [0.4, 0.5) is 0 Å². The fourth-order valence-corrected chi connectivity index (χ4v) is 2.05. The van der Waals surface area contributed by atoms with Crippen LogP contribution < -0.4 is 0 Å². The van der Waals surface area contributed by atoms with Gasteiger partial charge in [-0.15, -0.1) is 0 Å². The minimum absolute atomic E-state index is 0.0809. The molecule has 90 valence electrons. The Morgan fingerprint density at radius 1 is 0.833 bits per heavy atom. The summed E-state index contributed by atoms with van der Waals surface area (Å²) in [6.07, 6.45) is 8.47. The molecule has 0 aliphatic carbocycles. The Morgan fingerprint density at radius 3 is 1.94 bits per heavy atom. The molecule has 2 heterocycles. The number of benzene rings is 1. The zero-order valence-electron chi connectivity index (χ0n) is 9.92. The predicted molar refractivity (Wildman–Crippen MR) is 69.0 cm³/mol. The highest BCUT2D eigenvalue weighted by Crippen LogP contribution is 2.14. The van der Waals surface area contributed by atoms with E-state index in [1.807, 2.05) is 40.0 Å². The van der Waals surface area contributed by atoms with Gasteiger partial charge in [0.05, 0.1) is 0 Å². The molecule has 0 saturated carbocycles. The maximum Gasteiger partial charge on any atom is 0.147 e. The second-order valence-electron chi connectivity index (χ2n) is 4.14. The molecule has 0 saturated heterocycles. The van der Waals surface area contributed by atoms with Crippen LogP contribution in [0.2, 0.25) is 0 Å². The smallest absolute Gasteiger partial charge is 0.147 e. The highest BCUT2D eigenvalue weighted by molar-refractivity contribution is 5.15. The van der Waals surface area contributed by atoms with Gasteiger partial charge in [0.25, 0.3) is 0 Å². The molecule has 3 rings (SSSR count). The first-order valence-corrected chi connectivity index (χ1v) is 5.96. The molecule has 1 aromatic carbocycles. The summed E-state index contributed by atoms with van der Waals surface area (Å²) in [6, 6.07) is 14.3. The average Bonchev–Trinajstić information content (AvgIpc) is 3.11. The van der Waals surface area contributed by atoms with Crippen molar-refractivity contribution in [3.63, 3.8) is 0 Å². The molecule has 2 aromatic heterocycles. The van der Waals surface area contributed by atoms with Crippen LogP contribution in [0.5, 0.6) is 0 Å². The van der Waals surface area contributed by atoms with Crippen molar-refractivity contribution in [3.05, 3.63) is 72.8 Å². The quantitative estimate of drug-likeness (QED) is 0.699. The minimum atomic E-state index is 0.0809. The van der Waals surface area contributed by atoms with Crippen molar-refractivity contribution < 1.29 is 0 Å². The summed E-state index contributed by atoms with van der Waals surface area (Å²) in [5.41, 5.74) is 1.27. The molecule has 0 fully saturated rings. The molecule has 0 unspecified atom stereocenters. The average molecular weight is 238 g/mol. The van der Waals surface area contributed by atoms with Crippen LogP contribution in [-0.4, -0.2) is 19.6 Å². The molecule has 4 nitrogen and oxygen atoms in total. The summed E-state index contributed by atoms with van der Waals surface area (Å²) in [7, 11) is 0. The minimum Gasteiger partial charge on any atom is -0.248 e. The third kappa shape index (κ3) is 2.18. The third-order valence-electron chi connectivity index (χ3n) is 2.92. The molecule has 4 heteroatoms. The van der Waals surface area contributed by atoms with E-state index in [0.717, 1.165) is 6.42 Å². The summed E-state index contributed by atoms with van der Waals surface area (Å²) >= 11 is 0. The maximum absolute atomic E-state index is 4.32. The van der Waals surface area contributed by atoms with Gasteiger partial charge < -0.3 is 0 Å². The zero-order chi connectivity index (χ0) is 12.2. The van der Waals surface area contributed by atoms with Gasteiger partial charge in [0.1, 0.15) is 6.17 Å². The predicted octanol–water partition coefficient (Wildman–Crippen LogP) is 2.37. The first-order valence-electron chi connectivity index (χ1n) is 5.96. The van der Waals surface area contributed by atoms with E-state index in [9.17, 15) is 0 Å². The number of hydrogen-bond acceptors (Lipinski definition) is 2. The van der Waals surface area contributed by atoms with Crippen molar-refractivity contribution >= 4 is 0 Å². The van der Waals surface area contributed by atoms with Crippen molar-refractivity contribution in [3.8, 4) is 0 Å².